The molecular weight excluding hydrogens is 355 g/mol. The molecule has 2 aliphatic rings. The van der Waals surface area contributed by atoms with Crippen molar-refractivity contribution in [1.82, 2.24) is 14.9 Å². The number of nitrogens with one attached hydrogen (secondary N) is 1. The zero-order valence-electron chi connectivity index (χ0n) is 14.7. The molecule has 1 aliphatic carbocycles. The Kier molecular flexibility index (Phi) is 4.20. The van der Waals surface area contributed by atoms with Crippen molar-refractivity contribution < 1.29 is 9.18 Å². The maximum absolute atomic E-state index is 13.3. The predicted octanol–water partition coefficient (Wildman–Crippen LogP) is 3.83. The summed E-state index contributed by atoms with van der Waals surface area (Å²) in [6.45, 7) is 4.69. The van der Waals surface area contributed by atoms with Gasteiger partial charge in [-0.1, -0.05) is 12.1 Å². The van der Waals surface area contributed by atoms with Crippen LogP contribution in [0.5, 0.6) is 0 Å². The SMILES string of the molecule is CC(C)N1Cc2c(NC3(c4ccc(F)cc4)CC3)nc(Cl)nc2C1C=O. The van der Waals surface area contributed by atoms with E-state index >= 15 is 0 Å². The number of aldehydes is 1. The molecule has 1 fully saturated rings. The van der Waals surface area contributed by atoms with Crippen LogP contribution >= 0.6 is 11.6 Å². The van der Waals surface area contributed by atoms with Gasteiger partial charge in [-0.15, -0.1) is 0 Å². The van der Waals surface area contributed by atoms with Crippen LogP contribution < -0.4 is 5.32 Å². The standard InChI is InChI=1S/C19H20ClFN4O/c1-11(2)25-9-14-16(15(25)10-26)22-18(20)23-17(14)24-19(7-8-19)12-3-5-13(21)6-4-12/h3-6,10-11,15H,7-9H2,1-2H3,(H,22,23,24). The Morgan fingerprint density at radius 3 is 2.58 bits per heavy atom. The number of aromatic nitrogens is 2. The summed E-state index contributed by atoms with van der Waals surface area (Å²) in [6.07, 6.45) is 2.77. The van der Waals surface area contributed by atoms with Gasteiger partial charge in [-0.25, -0.2) is 14.4 Å². The number of carbonyl (C=O) groups is 1. The second-order valence-electron chi connectivity index (χ2n) is 7.27. The first-order valence-corrected chi connectivity index (χ1v) is 9.13. The molecule has 26 heavy (non-hydrogen) atoms. The molecule has 0 saturated heterocycles. The molecule has 4 rings (SSSR count). The summed E-state index contributed by atoms with van der Waals surface area (Å²) in [6, 6.07) is 6.32. The van der Waals surface area contributed by atoms with E-state index in [1.165, 1.54) is 12.1 Å². The van der Waals surface area contributed by atoms with Gasteiger partial charge in [0.15, 0.2) is 0 Å². The van der Waals surface area contributed by atoms with Gasteiger partial charge in [-0.05, 0) is 56.0 Å². The van der Waals surface area contributed by atoms with Gasteiger partial charge in [-0.3, -0.25) is 4.90 Å². The molecule has 1 aliphatic heterocycles. The molecule has 1 saturated carbocycles. The minimum Gasteiger partial charge on any atom is -0.360 e. The molecule has 2 heterocycles. The lowest BCUT2D eigenvalue weighted by atomic mass is 10.0. The number of halogens is 2. The van der Waals surface area contributed by atoms with E-state index in [4.69, 9.17) is 11.6 Å². The molecule has 5 nitrogen and oxygen atoms in total. The maximum atomic E-state index is 13.3. The fraction of sp³-hybridized carbons (Fsp3) is 0.421. The predicted molar refractivity (Wildman–Crippen MR) is 97.5 cm³/mol. The van der Waals surface area contributed by atoms with E-state index in [1.54, 1.807) is 12.1 Å². The quantitative estimate of drug-likeness (QED) is 0.636. The fourth-order valence-corrected chi connectivity index (χ4v) is 3.84. The molecule has 1 aromatic carbocycles. The highest BCUT2D eigenvalue weighted by Crippen LogP contribution is 2.49. The Labute approximate surface area is 156 Å². The van der Waals surface area contributed by atoms with Crippen molar-refractivity contribution in [1.29, 1.82) is 0 Å². The van der Waals surface area contributed by atoms with Crippen LogP contribution in [0.15, 0.2) is 24.3 Å². The van der Waals surface area contributed by atoms with Crippen molar-refractivity contribution in [3.63, 3.8) is 0 Å². The Morgan fingerprint density at radius 2 is 2.00 bits per heavy atom. The lowest BCUT2D eigenvalue weighted by Gasteiger charge is -2.24. The van der Waals surface area contributed by atoms with E-state index in [2.05, 4.69) is 20.2 Å². The van der Waals surface area contributed by atoms with Crippen molar-refractivity contribution in [2.45, 2.75) is 50.9 Å². The van der Waals surface area contributed by atoms with Crippen LogP contribution in [-0.4, -0.2) is 27.2 Å². The smallest absolute Gasteiger partial charge is 0.224 e. The van der Waals surface area contributed by atoms with Crippen LogP contribution in [0.2, 0.25) is 5.28 Å². The Balaban J connectivity index is 1.71. The highest BCUT2D eigenvalue weighted by molar-refractivity contribution is 6.28. The lowest BCUT2D eigenvalue weighted by Crippen LogP contribution is -2.30. The second kappa shape index (κ2) is 6.28. The molecule has 0 amide bonds. The minimum absolute atomic E-state index is 0.124. The third-order valence-corrected chi connectivity index (χ3v) is 5.46. The third kappa shape index (κ3) is 2.87. The molecule has 136 valence electrons. The first-order valence-electron chi connectivity index (χ1n) is 8.75. The van der Waals surface area contributed by atoms with Crippen LogP contribution in [0.3, 0.4) is 0 Å². The van der Waals surface area contributed by atoms with Gasteiger partial charge in [0.25, 0.3) is 0 Å². The third-order valence-electron chi connectivity index (χ3n) is 5.29. The zero-order chi connectivity index (χ0) is 18.5. The molecule has 2 aromatic rings. The van der Waals surface area contributed by atoms with E-state index in [9.17, 15) is 9.18 Å². The van der Waals surface area contributed by atoms with E-state index < -0.39 is 6.04 Å². The fourth-order valence-electron chi connectivity index (χ4n) is 3.67. The number of carbonyl (C=O) groups excluding carboxylic acids is 1. The van der Waals surface area contributed by atoms with Crippen LogP contribution in [0.1, 0.15) is 49.6 Å². The summed E-state index contributed by atoms with van der Waals surface area (Å²) in [5, 5.41) is 3.63. The van der Waals surface area contributed by atoms with Gasteiger partial charge in [0, 0.05) is 18.2 Å². The molecule has 1 aromatic heterocycles. The first kappa shape index (κ1) is 17.4. The van der Waals surface area contributed by atoms with Crippen molar-refractivity contribution in [2.24, 2.45) is 0 Å². The summed E-state index contributed by atoms with van der Waals surface area (Å²) in [7, 11) is 0. The van der Waals surface area contributed by atoms with Gasteiger partial charge in [0.2, 0.25) is 5.28 Å². The summed E-state index contributed by atoms with van der Waals surface area (Å²) in [5.41, 5.74) is 2.34. The van der Waals surface area contributed by atoms with Crippen LogP contribution in [0.25, 0.3) is 0 Å². The normalized spacial score (nSPS) is 20.9. The highest BCUT2D eigenvalue weighted by atomic mass is 35.5. The highest BCUT2D eigenvalue weighted by Gasteiger charge is 2.46. The van der Waals surface area contributed by atoms with E-state index in [0.717, 1.165) is 30.3 Å². The molecule has 1 N–H and O–H groups in total. The Hall–Kier alpha value is -2.05. The first-order chi connectivity index (χ1) is 12.4. The summed E-state index contributed by atoms with van der Waals surface area (Å²) < 4.78 is 13.3. The zero-order valence-corrected chi connectivity index (χ0v) is 15.4. The minimum atomic E-state index is -0.410. The number of hydrogen-bond acceptors (Lipinski definition) is 5. The maximum Gasteiger partial charge on any atom is 0.224 e. The van der Waals surface area contributed by atoms with Crippen molar-refractivity contribution in [3.8, 4) is 0 Å². The number of nitrogens with zero attached hydrogens (tertiary/aromatic N) is 3. The van der Waals surface area contributed by atoms with E-state index in [1.807, 2.05) is 13.8 Å². The van der Waals surface area contributed by atoms with E-state index in [0.29, 0.717) is 18.1 Å². The molecule has 0 bridgehead atoms. The van der Waals surface area contributed by atoms with Crippen molar-refractivity contribution in [2.75, 3.05) is 5.32 Å². The number of benzene rings is 1. The largest absolute Gasteiger partial charge is 0.360 e. The molecule has 0 spiro atoms. The second-order valence-corrected chi connectivity index (χ2v) is 7.60. The molecule has 1 unspecified atom stereocenters. The monoisotopic (exact) mass is 374 g/mol. The van der Waals surface area contributed by atoms with Gasteiger partial charge in [0.05, 0.1) is 11.2 Å². The number of rotatable bonds is 5. The lowest BCUT2D eigenvalue weighted by molar-refractivity contribution is -0.113. The number of fused-ring (bicyclic) bond motifs is 1. The molecule has 1 atom stereocenters. The Bertz CT molecular complexity index is 851. The van der Waals surface area contributed by atoms with Crippen LogP contribution in [0, 0.1) is 5.82 Å². The average molecular weight is 375 g/mol. The van der Waals surface area contributed by atoms with Gasteiger partial charge in [-0.2, -0.15) is 0 Å². The average Bonchev–Trinajstić information content (AvgIpc) is 3.27. The van der Waals surface area contributed by atoms with Gasteiger partial charge in [0.1, 0.15) is 24.0 Å². The molecule has 0 radical (unpaired) electrons. The van der Waals surface area contributed by atoms with Gasteiger partial charge >= 0.3 is 0 Å². The number of anilines is 1. The van der Waals surface area contributed by atoms with Crippen LogP contribution in [0.4, 0.5) is 10.2 Å². The summed E-state index contributed by atoms with van der Waals surface area (Å²) in [5.74, 6) is 0.411. The van der Waals surface area contributed by atoms with Crippen LogP contribution in [-0.2, 0) is 16.9 Å². The molecular formula is C19H20ClFN4O. The number of hydrogen-bond donors (Lipinski definition) is 1. The van der Waals surface area contributed by atoms with E-state index in [-0.39, 0.29) is 22.7 Å². The summed E-state index contributed by atoms with van der Waals surface area (Å²) >= 11 is 6.15. The summed E-state index contributed by atoms with van der Waals surface area (Å²) in [4.78, 5) is 22.5. The topological polar surface area (TPSA) is 58.1 Å². The Morgan fingerprint density at radius 1 is 1.31 bits per heavy atom. The van der Waals surface area contributed by atoms with Crippen molar-refractivity contribution >= 4 is 23.7 Å². The van der Waals surface area contributed by atoms with Crippen molar-refractivity contribution in [3.05, 3.63) is 52.2 Å². The van der Waals surface area contributed by atoms with Gasteiger partial charge < -0.3 is 10.1 Å². The molecule has 7 heteroatoms.